The van der Waals surface area contributed by atoms with Crippen molar-refractivity contribution in [3.05, 3.63) is 16.1 Å². The smallest absolute Gasteiger partial charge is 0.198 e. The molecule has 0 aromatic carbocycles. The first-order valence-corrected chi connectivity index (χ1v) is 5.25. The third kappa shape index (κ3) is 2.60. The molecule has 0 fully saturated rings. The van der Waals surface area contributed by atoms with Crippen LogP contribution >= 0.6 is 11.3 Å². The van der Waals surface area contributed by atoms with Crippen LogP contribution in [-0.2, 0) is 0 Å². The number of ketones is 1. The van der Waals surface area contributed by atoms with Crippen molar-refractivity contribution < 1.29 is 4.79 Å². The second kappa shape index (κ2) is 4.48. The summed E-state index contributed by atoms with van der Waals surface area (Å²) < 4.78 is 0. The number of carbonyl (C=O) groups is 1. The fourth-order valence-electron chi connectivity index (χ4n) is 1.11. The topological polar surface area (TPSA) is 56.0 Å². The van der Waals surface area contributed by atoms with Crippen LogP contribution in [0.2, 0.25) is 0 Å². The van der Waals surface area contributed by atoms with Gasteiger partial charge in [0.1, 0.15) is 5.69 Å². The lowest BCUT2D eigenvalue weighted by Crippen LogP contribution is -2.30. The van der Waals surface area contributed by atoms with Gasteiger partial charge < -0.3 is 5.73 Å². The average Bonchev–Trinajstić information content (AvgIpc) is 2.51. The summed E-state index contributed by atoms with van der Waals surface area (Å²) in [6.45, 7) is 3.90. The predicted molar refractivity (Wildman–Crippen MR) is 54.1 cm³/mol. The van der Waals surface area contributed by atoms with Crippen molar-refractivity contribution in [3.63, 3.8) is 0 Å². The van der Waals surface area contributed by atoms with Crippen molar-refractivity contribution in [3.8, 4) is 0 Å². The van der Waals surface area contributed by atoms with Crippen molar-refractivity contribution in [1.29, 1.82) is 0 Å². The quantitative estimate of drug-likeness (QED) is 0.750. The van der Waals surface area contributed by atoms with Crippen LogP contribution in [0.5, 0.6) is 0 Å². The molecule has 1 heterocycles. The number of nitrogens with two attached hydrogens (primary N) is 1. The summed E-state index contributed by atoms with van der Waals surface area (Å²) in [5, 5.41) is 2.68. The van der Waals surface area contributed by atoms with E-state index in [9.17, 15) is 4.79 Å². The highest BCUT2D eigenvalue weighted by atomic mass is 32.1. The Kier molecular flexibility index (Phi) is 3.57. The summed E-state index contributed by atoms with van der Waals surface area (Å²) in [5.41, 5.74) is 6.20. The van der Waals surface area contributed by atoms with Gasteiger partial charge in [0.2, 0.25) is 0 Å². The van der Waals surface area contributed by atoms with Gasteiger partial charge in [-0.15, -0.1) is 11.3 Å². The lowest BCUT2D eigenvalue weighted by Gasteiger charge is -2.05. The van der Waals surface area contributed by atoms with E-state index in [1.807, 2.05) is 13.8 Å². The van der Waals surface area contributed by atoms with Crippen LogP contribution in [0.1, 0.15) is 35.3 Å². The summed E-state index contributed by atoms with van der Waals surface area (Å²) in [5.74, 6) is -0.0359. The Hall–Kier alpha value is -0.740. The summed E-state index contributed by atoms with van der Waals surface area (Å²) in [4.78, 5) is 15.7. The van der Waals surface area contributed by atoms with Gasteiger partial charge in [-0.05, 0) is 13.3 Å². The van der Waals surface area contributed by atoms with Crippen LogP contribution in [0.3, 0.4) is 0 Å². The maximum Gasteiger partial charge on any atom is 0.198 e. The molecule has 0 aliphatic heterocycles. The number of Topliss-reactive ketones (excluding diaryl/α,β-unsaturated/α-hetero) is 1. The van der Waals surface area contributed by atoms with Crippen molar-refractivity contribution in [2.24, 2.45) is 5.73 Å². The molecule has 2 N–H and O–H groups in total. The molecule has 1 unspecified atom stereocenters. The first-order valence-electron chi connectivity index (χ1n) is 4.37. The van der Waals surface area contributed by atoms with Crippen LogP contribution in [-0.4, -0.2) is 16.8 Å². The molecule has 0 aliphatic rings. The van der Waals surface area contributed by atoms with Gasteiger partial charge in [0.25, 0.3) is 0 Å². The van der Waals surface area contributed by atoms with Crippen molar-refractivity contribution >= 4 is 17.1 Å². The van der Waals surface area contributed by atoms with Gasteiger partial charge in [0.15, 0.2) is 5.78 Å². The maximum absolute atomic E-state index is 11.6. The minimum absolute atomic E-state index is 0.0359. The first kappa shape index (κ1) is 10.3. The van der Waals surface area contributed by atoms with Gasteiger partial charge in [0, 0.05) is 5.38 Å². The van der Waals surface area contributed by atoms with E-state index in [-0.39, 0.29) is 11.8 Å². The van der Waals surface area contributed by atoms with E-state index in [0.717, 1.165) is 17.8 Å². The molecule has 1 aromatic rings. The summed E-state index contributed by atoms with van der Waals surface area (Å²) in [6, 6.07) is -0.383. The molecule has 0 aliphatic carbocycles. The molecule has 1 atom stereocenters. The lowest BCUT2D eigenvalue weighted by atomic mass is 10.1. The second-order valence-electron chi connectivity index (χ2n) is 3.01. The van der Waals surface area contributed by atoms with Crippen molar-refractivity contribution in [2.45, 2.75) is 32.7 Å². The lowest BCUT2D eigenvalue weighted by molar-refractivity contribution is 0.0952. The molecule has 0 saturated heterocycles. The number of nitrogens with zero attached hydrogens (tertiary/aromatic N) is 1. The Morgan fingerprint density at radius 2 is 2.46 bits per heavy atom. The SMILES string of the molecule is CCCC(N)C(=O)c1csc(C)n1. The number of rotatable bonds is 4. The fourth-order valence-corrected chi connectivity index (χ4v) is 1.71. The number of aromatic nitrogens is 1. The minimum atomic E-state index is -0.383. The minimum Gasteiger partial charge on any atom is -0.321 e. The molecule has 0 bridgehead atoms. The number of carbonyl (C=O) groups excluding carboxylic acids is 1. The Balaban J connectivity index is 2.67. The zero-order valence-corrected chi connectivity index (χ0v) is 8.73. The standard InChI is InChI=1S/C9H14N2OS/c1-3-4-7(10)9(12)8-5-13-6(2)11-8/h5,7H,3-4,10H2,1-2H3. The molecule has 13 heavy (non-hydrogen) atoms. The molecule has 4 heteroatoms. The summed E-state index contributed by atoms with van der Waals surface area (Å²) >= 11 is 1.48. The van der Waals surface area contributed by atoms with Crippen LogP contribution in [0.15, 0.2) is 5.38 Å². The van der Waals surface area contributed by atoms with E-state index in [1.54, 1.807) is 5.38 Å². The Morgan fingerprint density at radius 1 is 1.77 bits per heavy atom. The molecule has 0 saturated carbocycles. The third-order valence-electron chi connectivity index (χ3n) is 1.81. The number of thiazole rings is 1. The second-order valence-corrected chi connectivity index (χ2v) is 4.07. The maximum atomic E-state index is 11.6. The third-order valence-corrected chi connectivity index (χ3v) is 2.58. The largest absolute Gasteiger partial charge is 0.321 e. The van der Waals surface area contributed by atoms with Gasteiger partial charge >= 0.3 is 0 Å². The zero-order valence-electron chi connectivity index (χ0n) is 7.91. The van der Waals surface area contributed by atoms with Gasteiger partial charge in [-0.3, -0.25) is 4.79 Å². The highest BCUT2D eigenvalue weighted by molar-refractivity contribution is 7.09. The molecule has 3 nitrogen and oxygen atoms in total. The van der Waals surface area contributed by atoms with Crippen LogP contribution in [0, 0.1) is 6.92 Å². The monoisotopic (exact) mass is 198 g/mol. The normalized spacial score (nSPS) is 12.8. The molecule has 1 aromatic heterocycles. The van der Waals surface area contributed by atoms with Crippen molar-refractivity contribution in [2.75, 3.05) is 0 Å². The predicted octanol–water partition coefficient (Wildman–Crippen LogP) is 1.76. The summed E-state index contributed by atoms with van der Waals surface area (Å²) in [7, 11) is 0. The molecular weight excluding hydrogens is 184 g/mol. The number of hydrogen-bond acceptors (Lipinski definition) is 4. The number of aryl methyl sites for hydroxylation is 1. The summed E-state index contributed by atoms with van der Waals surface area (Å²) in [6.07, 6.45) is 1.66. The van der Waals surface area contributed by atoms with Gasteiger partial charge in [0.05, 0.1) is 11.0 Å². The highest BCUT2D eigenvalue weighted by Crippen LogP contribution is 2.10. The van der Waals surface area contributed by atoms with Crippen LogP contribution < -0.4 is 5.73 Å². The van der Waals surface area contributed by atoms with Gasteiger partial charge in [-0.2, -0.15) is 0 Å². The Bertz CT molecular complexity index is 296. The van der Waals surface area contributed by atoms with E-state index >= 15 is 0 Å². The van der Waals surface area contributed by atoms with E-state index in [4.69, 9.17) is 5.73 Å². The Morgan fingerprint density at radius 3 is 2.92 bits per heavy atom. The number of hydrogen-bond donors (Lipinski definition) is 1. The average molecular weight is 198 g/mol. The first-order chi connectivity index (χ1) is 6.15. The van der Waals surface area contributed by atoms with Crippen LogP contribution in [0.4, 0.5) is 0 Å². The van der Waals surface area contributed by atoms with E-state index in [2.05, 4.69) is 4.98 Å². The van der Waals surface area contributed by atoms with E-state index in [0.29, 0.717) is 5.69 Å². The van der Waals surface area contributed by atoms with Gasteiger partial charge in [-0.1, -0.05) is 13.3 Å². The van der Waals surface area contributed by atoms with Crippen molar-refractivity contribution in [1.82, 2.24) is 4.98 Å². The zero-order chi connectivity index (χ0) is 9.84. The molecule has 0 amide bonds. The van der Waals surface area contributed by atoms with E-state index < -0.39 is 0 Å². The van der Waals surface area contributed by atoms with Crippen LogP contribution in [0.25, 0.3) is 0 Å². The van der Waals surface area contributed by atoms with Gasteiger partial charge in [-0.25, -0.2) is 4.98 Å². The molecule has 72 valence electrons. The molecule has 1 rings (SSSR count). The fraction of sp³-hybridized carbons (Fsp3) is 0.556. The molecule has 0 spiro atoms. The molecule has 0 radical (unpaired) electrons. The van der Waals surface area contributed by atoms with E-state index in [1.165, 1.54) is 11.3 Å². The highest BCUT2D eigenvalue weighted by Gasteiger charge is 2.16. The Labute approximate surface area is 82.0 Å². The molecular formula is C9H14N2OS.